The van der Waals surface area contributed by atoms with Crippen LogP contribution in [0.4, 0.5) is 5.69 Å². The van der Waals surface area contributed by atoms with Crippen LogP contribution >= 0.6 is 0 Å². The lowest BCUT2D eigenvalue weighted by Gasteiger charge is -2.31. The van der Waals surface area contributed by atoms with E-state index in [9.17, 15) is 24.7 Å². The molecule has 3 N–H and O–H groups in total. The number of anilines is 1. The van der Waals surface area contributed by atoms with Crippen LogP contribution in [0.15, 0.2) is 107 Å². The summed E-state index contributed by atoms with van der Waals surface area (Å²) in [5, 5.41) is 29.0. The van der Waals surface area contributed by atoms with Crippen LogP contribution in [-0.4, -0.2) is 58.4 Å². The van der Waals surface area contributed by atoms with Crippen molar-refractivity contribution in [2.45, 2.75) is 32.0 Å². The SMILES string of the molecule is O=C1[C@@H]2[C@@H](CC(COc3ccccc3)=C3[C@@H](CC/C(=C/c4ccc(CO)o4)c4ccccn4)OC[C@@H]32)C(=O)N1c1cccc(B(O)O)c1. The van der Waals surface area contributed by atoms with E-state index in [1.54, 1.807) is 24.4 Å². The van der Waals surface area contributed by atoms with Crippen LogP contribution in [0, 0.1) is 17.8 Å². The average molecular weight is 647 g/mol. The molecule has 10 nitrogen and oxygen atoms in total. The summed E-state index contributed by atoms with van der Waals surface area (Å²) in [5.74, 6) is -0.342. The van der Waals surface area contributed by atoms with E-state index in [4.69, 9.17) is 13.9 Å². The number of furan rings is 1. The smallest absolute Gasteiger partial charge is 0.488 e. The third kappa shape index (κ3) is 6.25. The second-order valence-corrected chi connectivity index (χ2v) is 12.3. The Morgan fingerprint density at radius 3 is 2.56 bits per heavy atom. The Morgan fingerprint density at radius 1 is 0.979 bits per heavy atom. The van der Waals surface area contributed by atoms with Crippen molar-refractivity contribution >= 4 is 41.7 Å². The van der Waals surface area contributed by atoms with Crippen LogP contribution in [0.25, 0.3) is 11.6 Å². The van der Waals surface area contributed by atoms with Crippen molar-refractivity contribution in [3.8, 4) is 5.75 Å². The van der Waals surface area contributed by atoms with Gasteiger partial charge in [-0.15, -0.1) is 0 Å². The molecule has 1 aliphatic carbocycles. The van der Waals surface area contributed by atoms with E-state index in [1.807, 2.05) is 60.7 Å². The molecule has 2 aromatic carbocycles. The molecule has 2 aliphatic heterocycles. The van der Waals surface area contributed by atoms with Gasteiger partial charge < -0.3 is 29.0 Å². The van der Waals surface area contributed by atoms with Crippen molar-refractivity contribution in [2.75, 3.05) is 18.1 Å². The molecule has 2 saturated heterocycles. The number of pyridine rings is 1. The maximum absolute atomic E-state index is 14.1. The standard InChI is InChI=1S/C37H35BN2O8/c41-20-29-14-13-28(48-29)17-23(32-11-4-5-16-39-32)12-15-33-34-24(21-46-27-9-2-1-3-10-27)18-30-35(31(34)22-47-33)37(43)40(36(30)42)26-8-6-7-25(19-26)38(44)45/h1-11,13-14,16-17,19,30-31,33,35,41,44-45H,12,15,18,20-22H2/b23-17-/t30-,31+,33-,35-/m1/s1. The minimum atomic E-state index is -1.73. The highest BCUT2D eigenvalue weighted by Gasteiger charge is 2.57. The van der Waals surface area contributed by atoms with Crippen molar-refractivity contribution in [3.63, 3.8) is 0 Å². The van der Waals surface area contributed by atoms with Gasteiger partial charge in [0.15, 0.2) is 0 Å². The van der Waals surface area contributed by atoms with Crippen LogP contribution in [0.5, 0.6) is 5.75 Å². The molecule has 2 amide bonds. The summed E-state index contributed by atoms with van der Waals surface area (Å²) < 4.78 is 18.4. The molecule has 4 aromatic rings. The Morgan fingerprint density at radius 2 is 1.81 bits per heavy atom. The van der Waals surface area contributed by atoms with Gasteiger partial charge in [-0.1, -0.05) is 36.4 Å². The topological polar surface area (TPSA) is 143 Å². The van der Waals surface area contributed by atoms with E-state index in [0.29, 0.717) is 48.8 Å². The van der Waals surface area contributed by atoms with Gasteiger partial charge in [-0.25, -0.2) is 0 Å². The number of hydrogen-bond acceptors (Lipinski definition) is 9. The number of imide groups is 1. The zero-order valence-electron chi connectivity index (χ0n) is 26.1. The summed E-state index contributed by atoms with van der Waals surface area (Å²) >= 11 is 0. The van der Waals surface area contributed by atoms with Crippen LogP contribution < -0.4 is 15.1 Å². The van der Waals surface area contributed by atoms with Gasteiger partial charge in [-0.05, 0) is 96.1 Å². The molecular formula is C37H35BN2O8. The quantitative estimate of drug-likeness (QED) is 0.126. The Bertz CT molecular complexity index is 1860. The molecule has 0 bridgehead atoms. The predicted octanol–water partition coefficient (Wildman–Crippen LogP) is 3.77. The molecule has 11 heteroatoms. The first-order valence-corrected chi connectivity index (χ1v) is 16.1. The van der Waals surface area contributed by atoms with Crippen LogP contribution in [0.2, 0.25) is 0 Å². The fraction of sp³-hybridized carbons (Fsp3) is 0.270. The van der Waals surface area contributed by atoms with E-state index in [-0.39, 0.29) is 42.5 Å². The average Bonchev–Trinajstić information content (AvgIpc) is 3.82. The number of carbonyl (C=O) groups is 2. The van der Waals surface area contributed by atoms with Crippen LogP contribution in [-0.2, 0) is 20.9 Å². The number of amides is 2. The van der Waals surface area contributed by atoms with Crippen molar-refractivity contribution in [1.82, 2.24) is 4.98 Å². The molecule has 4 heterocycles. The third-order valence-electron chi connectivity index (χ3n) is 9.42. The fourth-order valence-electron chi connectivity index (χ4n) is 7.21. The molecule has 7 rings (SSSR count). The summed E-state index contributed by atoms with van der Waals surface area (Å²) in [7, 11) is -1.73. The highest BCUT2D eigenvalue weighted by molar-refractivity contribution is 6.58. The van der Waals surface area contributed by atoms with Crippen LogP contribution in [0.3, 0.4) is 0 Å². The van der Waals surface area contributed by atoms with Crippen molar-refractivity contribution in [1.29, 1.82) is 0 Å². The molecule has 0 unspecified atom stereocenters. The number of hydrogen-bond donors (Lipinski definition) is 3. The molecule has 3 aliphatic rings. The zero-order chi connectivity index (χ0) is 33.2. The number of aliphatic hydroxyl groups is 1. The number of para-hydroxylation sites is 1. The summed E-state index contributed by atoms with van der Waals surface area (Å²) in [6.07, 6.45) is 4.88. The first kappa shape index (κ1) is 31.8. The van der Waals surface area contributed by atoms with Crippen molar-refractivity contribution in [2.24, 2.45) is 17.8 Å². The Labute approximate surface area is 278 Å². The first-order valence-electron chi connectivity index (χ1n) is 16.1. The number of carbonyl (C=O) groups excluding carboxylic acids is 2. The van der Waals surface area contributed by atoms with Gasteiger partial charge in [0.1, 0.15) is 30.5 Å². The highest BCUT2D eigenvalue weighted by Crippen LogP contribution is 2.50. The molecule has 2 aromatic heterocycles. The molecule has 48 heavy (non-hydrogen) atoms. The van der Waals surface area contributed by atoms with E-state index in [2.05, 4.69) is 4.98 Å². The Kier molecular flexibility index (Phi) is 9.10. The second-order valence-electron chi connectivity index (χ2n) is 12.3. The van der Waals surface area contributed by atoms with E-state index < -0.39 is 19.0 Å². The molecule has 0 radical (unpaired) electrons. The molecule has 0 spiro atoms. The Balaban J connectivity index is 1.19. The molecule has 0 saturated carbocycles. The monoisotopic (exact) mass is 646 g/mol. The van der Waals surface area contributed by atoms with Gasteiger partial charge in [-0.2, -0.15) is 0 Å². The zero-order valence-corrected chi connectivity index (χ0v) is 26.1. The number of benzene rings is 2. The fourth-order valence-corrected chi connectivity index (χ4v) is 7.21. The van der Waals surface area contributed by atoms with Gasteiger partial charge >= 0.3 is 7.12 Å². The van der Waals surface area contributed by atoms with Crippen molar-refractivity contribution < 1.29 is 38.6 Å². The van der Waals surface area contributed by atoms with Gasteiger partial charge in [0.05, 0.1) is 35.9 Å². The molecule has 2 fully saturated rings. The maximum Gasteiger partial charge on any atom is 0.488 e. The summed E-state index contributed by atoms with van der Waals surface area (Å²) in [5.41, 5.74) is 4.20. The maximum atomic E-state index is 14.1. The summed E-state index contributed by atoms with van der Waals surface area (Å²) in [4.78, 5) is 33.8. The van der Waals surface area contributed by atoms with E-state index in [1.165, 1.54) is 17.0 Å². The minimum Gasteiger partial charge on any atom is -0.489 e. The lowest BCUT2D eigenvalue weighted by atomic mass is 9.69. The summed E-state index contributed by atoms with van der Waals surface area (Å²) in [6.45, 7) is 0.354. The van der Waals surface area contributed by atoms with Gasteiger partial charge in [0, 0.05) is 12.1 Å². The molecule has 244 valence electrons. The minimum absolute atomic E-state index is 0.193. The van der Waals surface area contributed by atoms with Gasteiger partial charge in [0.25, 0.3) is 0 Å². The first-order chi connectivity index (χ1) is 23.4. The lowest BCUT2D eigenvalue weighted by Crippen LogP contribution is -2.36. The number of rotatable bonds is 11. The Hall–Kier alpha value is -4.81. The predicted molar refractivity (Wildman–Crippen MR) is 179 cm³/mol. The normalized spacial score (nSPS) is 22.2. The number of aromatic nitrogens is 1. The lowest BCUT2D eigenvalue weighted by molar-refractivity contribution is -0.122. The number of allylic oxidation sites excluding steroid dienone is 1. The van der Waals surface area contributed by atoms with Gasteiger partial charge in [0.2, 0.25) is 11.8 Å². The highest BCUT2D eigenvalue weighted by atomic mass is 16.5. The van der Waals surface area contributed by atoms with Crippen molar-refractivity contribution in [3.05, 3.63) is 119 Å². The largest absolute Gasteiger partial charge is 0.489 e. The second kappa shape index (κ2) is 13.7. The van der Waals surface area contributed by atoms with Crippen LogP contribution in [0.1, 0.15) is 36.5 Å². The number of ether oxygens (including phenoxy) is 2. The number of nitrogens with zero attached hydrogens (tertiary/aromatic N) is 2. The number of aliphatic hydroxyl groups excluding tert-OH is 1. The number of fused-ring (bicyclic) bond motifs is 3. The van der Waals surface area contributed by atoms with E-state index in [0.717, 1.165) is 22.4 Å². The van der Waals surface area contributed by atoms with E-state index >= 15 is 0 Å². The van der Waals surface area contributed by atoms with Gasteiger partial charge in [-0.3, -0.25) is 19.5 Å². The summed E-state index contributed by atoms with van der Waals surface area (Å²) in [6, 6.07) is 25.0. The molecular weight excluding hydrogens is 611 g/mol. The molecule has 4 atom stereocenters. The third-order valence-corrected chi connectivity index (χ3v) is 9.42.